The minimum absolute atomic E-state index is 0.186. The number of nitrogens with zero attached hydrogens (tertiary/aromatic N) is 2. The first kappa shape index (κ1) is 11.5. The highest BCUT2D eigenvalue weighted by Crippen LogP contribution is 2.26. The average Bonchev–Trinajstić information content (AvgIpc) is 2.26. The molecule has 0 aliphatic carbocycles. The van der Waals surface area contributed by atoms with Crippen LogP contribution in [-0.4, -0.2) is 9.97 Å². The number of para-hydroxylation sites is 1. The summed E-state index contributed by atoms with van der Waals surface area (Å²) in [7, 11) is 0. The minimum Gasteiger partial charge on any atom is -0.320 e. The third kappa shape index (κ3) is 2.59. The molecule has 16 heavy (non-hydrogen) atoms. The van der Waals surface area contributed by atoms with Crippen molar-refractivity contribution < 1.29 is 4.39 Å². The van der Waals surface area contributed by atoms with Gasteiger partial charge in [0, 0.05) is 16.0 Å². The van der Waals surface area contributed by atoms with Crippen molar-refractivity contribution in [3.05, 3.63) is 45.0 Å². The van der Waals surface area contributed by atoms with Crippen LogP contribution >= 0.6 is 34.2 Å². The van der Waals surface area contributed by atoms with E-state index in [4.69, 9.17) is 11.6 Å². The Bertz CT molecular complexity index is 484. The van der Waals surface area contributed by atoms with E-state index in [-0.39, 0.29) is 5.69 Å². The van der Waals surface area contributed by atoms with Gasteiger partial charge in [-0.25, -0.2) is 14.4 Å². The third-order valence-corrected chi connectivity index (χ3v) is 2.69. The molecule has 3 nitrogen and oxygen atoms in total. The molecule has 1 heterocycles. The Labute approximate surface area is 110 Å². The molecular weight excluding hydrogens is 343 g/mol. The lowest BCUT2D eigenvalue weighted by Gasteiger charge is -2.07. The van der Waals surface area contributed by atoms with Gasteiger partial charge in [-0.1, -0.05) is 17.7 Å². The van der Waals surface area contributed by atoms with Crippen molar-refractivity contribution in [2.24, 2.45) is 0 Å². The number of hydrogen-bond acceptors (Lipinski definition) is 3. The van der Waals surface area contributed by atoms with Crippen molar-refractivity contribution in [1.82, 2.24) is 9.97 Å². The van der Waals surface area contributed by atoms with Crippen LogP contribution in [0, 0.1) is 9.39 Å². The molecule has 2 rings (SSSR count). The van der Waals surface area contributed by atoms with Crippen LogP contribution in [0.25, 0.3) is 0 Å². The number of hydrogen-bond donors (Lipinski definition) is 1. The standard InChI is InChI=1S/C10H6ClFIN3/c11-7-2-1-3-8(12)9(7)16-10-14-4-6(13)5-15-10/h1-5H,(H,14,15,16). The first-order chi connectivity index (χ1) is 7.66. The number of anilines is 2. The smallest absolute Gasteiger partial charge is 0.227 e. The second-order valence-corrected chi connectivity index (χ2v) is 4.60. The van der Waals surface area contributed by atoms with Gasteiger partial charge >= 0.3 is 0 Å². The number of benzene rings is 1. The molecule has 0 saturated carbocycles. The number of aromatic nitrogens is 2. The molecule has 0 atom stereocenters. The van der Waals surface area contributed by atoms with Gasteiger partial charge in [-0.15, -0.1) is 0 Å². The van der Waals surface area contributed by atoms with Crippen molar-refractivity contribution >= 4 is 45.8 Å². The molecule has 0 fully saturated rings. The van der Waals surface area contributed by atoms with Gasteiger partial charge in [0.25, 0.3) is 0 Å². The summed E-state index contributed by atoms with van der Waals surface area (Å²) in [5.41, 5.74) is 0.186. The van der Waals surface area contributed by atoms with E-state index in [0.717, 1.165) is 3.57 Å². The van der Waals surface area contributed by atoms with E-state index in [1.165, 1.54) is 12.1 Å². The predicted molar refractivity (Wildman–Crippen MR) is 69.4 cm³/mol. The Morgan fingerprint density at radius 2 is 1.94 bits per heavy atom. The van der Waals surface area contributed by atoms with Crippen molar-refractivity contribution in [2.45, 2.75) is 0 Å². The summed E-state index contributed by atoms with van der Waals surface area (Å²) in [4.78, 5) is 8.00. The van der Waals surface area contributed by atoms with E-state index < -0.39 is 5.82 Å². The normalized spacial score (nSPS) is 10.2. The van der Waals surface area contributed by atoms with E-state index in [1.54, 1.807) is 18.5 Å². The van der Waals surface area contributed by atoms with E-state index >= 15 is 0 Å². The molecule has 82 valence electrons. The molecule has 0 spiro atoms. The van der Waals surface area contributed by atoms with Gasteiger partial charge in [0.15, 0.2) is 0 Å². The van der Waals surface area contributed by atoms with Crippen LogP contribution in [0.3, 0.4) is 0 Å². The van der Waals surface area contributed by atoms with Crippen LogP contribution in [0.1, 0.15) is 0 Å². The van der Waals surface area contributed by atoms with Crippen LogP contribution in [0.5, 0.6) is 0 Å². The molecule has 2 aromatic rings. The molecule has 1 N–H and O–H groups in total. The molecule has 0 aliphatic rings. The summed E-state index contributed by atoms with van der Waals surface area (Å²) in [5, 5.41) is 3.03. The molecule has 0 aliphatic heterocycles. The second-order valence-electron chi connectivity index (χ2n) is 2.95. The SMILES string of the molecule is Fc1cccc(Cl)c1Nc1ncc(I)cn1. The fourth-order valence-corrected chi connectivity index (χ4v) is 1.59. The Balaban J connectivity index is 2.30. The van der Waals surface area contributed by atoms with Crippen LogP contribution < -0.4 is 5.32 Å². The Morgan fingerprint density at radius 3 is 2.56 bits per heavy atom. The molecular formula is C10H6ClFIN3. The van der Waals surface area contributed by atoms with Gasteiger partial charge < -0.3 is 5.32 Å². The lowest BCUT2D eigenvalue weighted by Crippen LogP contribution is -1.99. The molecule has 1 aromatic heterocycles. The zero-order valence-electron chi connectivity index (χ0n) is 7.92. The number of rotatable bonds is 2. The Morgan fingerprint density at radius 1 is 1.25 bits per heavy atom. The lowest BCUT2D eigenvalue weighted by molar-refractivity contribution is 0.631. The van der Waals surface area contributed by atoms with E-state index in [1.807, 2.05) is 0 Å². The summed E-state index contributed by atoms with van der Waals surface area (Å²) in [5.74, 6) is -0.123. The zero-order chi connectivity index (χ0) is 11.5. The van der Waals surface area contributed by atoms with Gasteiger partial charge in [0.05, 0.1) is 10.7 Å². The van der Waals surface area contributed by atoms with Crippen LogP contribution in [-0.2, 0) is 0 Å². The Hall–Kier alpha value is -0.950. The molecule has 1 aromatic carbocycles. The van der Waals surface area contributed by atoms with Gasteiger partial charge in [-0.2, -0.15) is 0 Å². The highest BCUT2D eigenvalue weighted by atomic mass is 127. The minimum atomic E-state index is -0.436. The lowest BCUT2D eigenvalue weighted by atomic mass is 10.3. The maximum atomic E-state index is 13.4. The molecule has 6 heteroatoms. The average molecular weight is 350 g/mol. The Kier molecular flexibility index (Phi) is 3.55. The first-order valence-electron chi connectivity index (χ1n) is 4.35. The fourth-order valence-electron chi connectivity index (χ4n) is 1.11. The third-order valence-electron chi connectivity index (χ3n) is 1.82. The second kappa shape index (κ2) is 4.92. The van der Waals surface area contributed by atoms with Crippen LogP contribution in [0.4, 0.5) is 16.0 Å². The largest absolute Gasteiger partial charge is 0.320 e. The molecule has 0 bridgehead atoms. The fraction of sp³-hybridized carbons (Fsp3) is 0. The molecule has 0 unspecified atom stereocenters. The van der Waals surface area contributed by atoms with Gasteiger partial charge in [-0.3, -0.25) is 0 Å². The molecule has 0 amide bonds. The van der Waals surface area contributed by atoms with Crippen LogP contribution in [0.2, 0.25) is 5.02 Å². The molecule has 0 radical (unpaired) electrons. The first-order valence-corrected chi connectivity index (χ1v) is 5.81. The summed E-state index contributed by atoms with van der Waals surface area (Å²) < 4.78 is 14.3. The predicted octanol–water partition coefficient (Wildman–Crippen LogP) is 3.62. The maximum Gasteiger partial charge on any atom is 0.227 e. The quantitative estimate of drug-likeness (QED) is 0.842. The number of halogens is 3. The topological polar surface area (TPSA) is 37.8 Å². The monoisotopic (exact) mass is 349 g/mol. The van der Waals surface area contributed by atoms with Crippen molar-refractivity contribution in [1.29, 1.82) is 0 Å². The highest BCUT2D eigenvalue weighted by Gasteiger charge is 2.07. The van der Waals surface area contributed by atoms with E-state index in [2.05, 4.69) is 37.9 Å². The van der Waals surface area contributed by atoms with Gasteiger partial charge in [0.1, 0.15) is 5.82 Å². The zero-order valence-corrected chi connectivity index (χ0v) is 10.8. The van der Waals surface area contributed by atoms with Crippen molar-refractivity contribution in [2.75, 3.05) is 5.32 Å². The van der Waals surface area contributed by atoms with E-state index in [9.17, 15) is 4.39 Å². The number of nitrogens with one attached hydrogen (secondary N) is 1. The summed E-state index contributed by atoms with van der Waals surface area (Å²) in [6.07, 6.45) is 3.26. The highest BCUT2D eigenvalue weighted by molar-refractivity contribution is 14.1. The van der Waals surface area contributed by atoms with E-state index in [0.29, 0.717) is 11.0 Å². The van der Waals surface area contributed by atoms with Gasteiger partial charge in [-0.05, 0) is 34.7 Å². The van der Waals surface area contributed by atoms with Crippen molar-refractivity contribution in [3.8, 4) is 0 Å². The summed E-state index contributed by atoms with van der Waals surface area (Å²) in [6.45, 7) is 0. The molecule has 0 saturated heterocycles. The van der Waals surface area contributed by atoms with Crippen LogP contribution in [0.15, 0.2) is 30.6 Å². The summed E-state index contributed by atoms with van der Waals surface area (Å²) >= 11 is 7.94. The van der Waals surface area contributed by atoms with Crippen molar-refractivity contribution in [3.63, 3.8) is 0 Å². The van der Waals surface area contributed by atoms with Gasteiger partial charge in [0.2, 0.25) is 5.95 Å². The summed E-state index contributed by atoms with van der Waals surface area (Å²) in [6, 6.07) is 4.46. The maximum absolute atomic E-state index is 13.4.